The summed E-state index contributed by atoms with van der Waals surface area (Å²) in [6.07, 6.45) is 10.0. The fourth-order valence-electron chi connectivity index (χ4n) is 5.87. The van der Waals surface area contributed by atoms with Crippen LogP contribution in [0.25, 0.3) is 0 Å². The average molecular weight is 335 g/mol. The van der Waals surface area contributed by atoms with Gasteiger partial charge in [0.25, 0.3) is 0 Å². The number of rotatable bonds is 4. The minimum Gasteiger partial charge on any atom is -0.381 e. The largest absolute Gasteiger partial charge is 0.381 e. The van der Waals surface area contributed by atoms with E-state index in [0.717, 1.165) is 30.5 Å². The average Bonchev–Trinajstić information content (AvgIpc) is 3.01. The minimum absolute atomic E-state index is 0.562. The van der Waals surface area contributed by atoms with Gasteiger partial charge in [-0.25, -0.2) is 0 Å². The van der Waals surface area contributed by atoms with Gasteiger partial charge in [-0.2, -0.15) is 0 Å². The molecule has 0 N–H and O–H groups in total. The van der Waals surface area contributed by atoms with Crippen LogP contribution in [0.4, 0.5) is 0 Å². The fourth-order valence-corrected chi connectivity index (χ4v) is 5.87. The maximum absolute atomic E-state index is 5.66. The van der Waals surface area contributed by atoms with Crippen LogP contribution < -0.4 is 0 Å². The Morgan fingerprint density at radius 1 is 0.875 bits per heavy atom. The molecule has 3 saturated heterocycles. The molecular formula is C21H38N2O. The SMILES string of the molecule is CC(C)C1CCC2(CC1)CN(CCN1CCC3(CCOC3)CC1)C2. The molecule has 24 heavy (non-hydrogen) atoms. The molecule has 0 unspecified atom stereocenters. The van der Waals surface area contributed by atoms with E-state index in [-0.39, 0.29) is 0 Å². The maximum Gasteiger partial charge on any atom is 0.0524 e. The Hall–Kier alpha value is -0.120. The van der Waals surface area contributed by atoms with Crippen molar-refractivity contribution >= 4 is 0 Å². The van der Waals surface area contributed by atoms with E-state index in [9.17, 15) is 0 Å². The molecule has 0 aromatic rings. The molecule has 0 amide bonds. The molecule has 3 nitrogen and oxygen atoms in total. The lowest BCUT2D eigenvalue weighted by Crippen LogP contribution is -2.59. The standard InChI is InChI=1S/C21H38N2O/c1-18(2)19-3-5-21(6-4-19)15-23(16-21)13-12-22-10-7-20(8-11-22)9-14-24-17-20/h18-19H,3-17H2,1-2H3. The molecule has 3 heteroatoms. The first-order valence-electron chi connectivity index (χ1n) is 10.6. The molecule has 3 heterocycles. The second-order valence-corrected chi connectivity index (χ2v) is 9.94. The first kappa shape index (κ1) is 17.3. The Bertz CT molecular complexity index is 404. The highest BCUT2D eigenvalue weighted by Gasteiger charge is 2.45. The lowest BCUT2D eigenvalue weighted by molar-refractivity contribution is -0.0475. The first-order valence-corrected chi connectivity index (χ1v) is 10.6. The summed E-state index contributed by atoms with van der Waals surface area (Å²) < 4.78 is 5.66. The topological polar surface area (TPSA) is 15.7 Å². The van der Waals surface area contributed by atoms with Crippen LogP contribution in [-0.4, -0.2) is 62.3 Å². The zero-order valence-corrected chi connectivity index (χ0v) is 16.1. The summed E-state index contributed by atoms with van der Waals surface area (Å²) in [4.78, 5) is 5.45. The molecule has 4 fully saturated rings. The molecule has 0 radical (unpaired) electrons. The fraction of sp³-hybridized carbons (Fsp3) is 1.00. The maximum atomic E-state index is 5.66. The van der Waals surface area contributed by atoms with Crippen LogP contribution in [0.3, 0.4) is 0 Å². The third-order valence-electron chi connectivity index (χ3n) is 7.99. The second kappa shape index (κ2) is 6.89. The van der Waals surface area contributed by atoms with Crippen LogP contribution in [0.5, 0.6) is 0 Å². The van der Waals surface area contributed by atoms with E-state index in [1.54, 1.807) is 0 Å². The minimum atomic E-state index is 0.562. The predicted molar refractivity (Wildman–Crippen MR) is 99.2 cm³/mol. The summed E-state index contributed by atoms with van der Waals surface area (Å²) in [5, 5.41) is 0. The van der Waals surface area contributed by atoms with Crippen LogP contribution in [-0.2, 0) is 4.74 Å². The van der Waals surface area contributed by atoms with Gasteiger partial charge in [0.1, 0.15) is 0 Å². The monoisotopic (exact) mass is 334 g/mol. The highest BCUT2D eigenvalue weighted by molar-refractivity contribution is 4.98. The van der Waals surface area contributed by atoms with Crippen molar-refractivity contribution in [3.63, 3.8) is 0 Å². The van der Waals surface area contributed by atoms with Gasteiger partial charge in [0.15, 0.2) is 0 Å². The highest BCUT2D eigenvalue weighted by atomic mass is 16.5. The third kappa shape index (κ3) is 3.54. The van der Waals surface area contributed by atoms with Gasteiger partial charge in [-0.05, 0) is 80.7 Å². The lowest BCUT2D eigenvalue weighted by atomic mass is 9.64. The number of nitrogens with zero attached hydrogens (tertiary/aromatic N) is 2. The summed E-state index contributed by atoms with van der Waals surface area (Å²) >= 11 is 0. The van der Waals surface area contributed by atoms with E-state index in [2.05, 4.69) is 23.6 Å². The van der Waals surface area contributed by atoms with E-state index in [4.69, 9.17) is 4.74 Å². The van der Waals surface area contributed by atoms with Crippen molar-refractivity contribution in [2.75, 3.05) is 52.5 Å². The molecular weight excluding hydrogens is 296 g/mol. The van der Waals surface area contributed by atoms with Crippen molar-refractivity contribution in [3.05, 3.63) is 0 Å². The Kier molecular flexibility index (Phi) is 4.96. The van der Waals surface area contributed by atoms with E-state index in [1.807, 2.05) is 0 Å². The zero-order valence-electron chi connectivity index (χ0n) is 16.1. The van der Waals surface area contributed by atoms with Gasteiger partial charge in [0, 0.05) is 32.8 Å². The number of ether oxygens (including phenoxy) is 1. The van der Waals surface area contributed by atoms with Crippen LogP contribution >= 0.6 is 0 Å². The van der Waals surface area contributed by atoms with Crippen LogP contribution in [0.2, 0.25) is 0 Å². The molecule has 3 aliphatic heterocycles. The number of likely N-dealkylation sites (tertiary alicyclic amines) is 2. The highest BCUT2D eigenvalue weighted by Crippen LogP contribution is 2.47. The molecule has 4 rings (SSSR count). The lowest BCUT2D eigenvalue weighted by Gasteiger charge is -2.54. The number of hydrogen-bond donors (Lipinski definition) is 0. The summed E-state index contributed by atoms with van der Waals surface area (Å²) in [6, 6.07) is 0. The Morgan fingerprint density at radius 2 is 1.54 bits per heavy atom. The third-order valence-corrected chi connectivity index (χ3v) is 7.99. The molecule has 0 aromatic carbocycles. The van der Waals surface area contributed by atoms with E-state index >= 15 is 0 Å². The molecule has 0 bridgehead atoms. The Labute approximate surface area is 149 Å². The Morgan fingerprint density at radius 3 is 2.12 bits per heavy atom. The molecule has 1 aliphatic carbocycles. The summed E-state index contributed by atoms with van der Waals surface area (Å²) in [7, 11) is 0. The van der Waals surface area contributed by atoms with Crippen LogP contribution in [0, 0.1) is 22.7 Å². The molecule has 2 spiro atoms. The van der Waals surface area contributed by atoms with Gasteiger partial charge in [-0.1, -0.05) is 13.8 Å². The van der Waals surface area contributed by atoms with Crippen molar-refractivity contribution in [1.29, 1.82) is 0 Å². The van der Waals surface area contributed by atoms with Crippen molar-refractivity contribution in [1.82, 2.24) is 9.80 Å². The van der Waals surface area contributed by atoms with Crippen LogP contribution in [0.15, 0.2) is 0 Å². The molecule has 1 saturated carbocycles. The molecule has 4 aliphatic rings. The van der Waals surface area contributed by atoms with Gasteiger partial charge < -0.3 is 14.5 Å². The van der Waals surface area contributed by atoms with E-state index in [0.29, 0.717) is 5.41 Å². The van der Waals surface area contributed by atoms with Crippen molar-refractivity contribution < 1.29 is 4.74 Å². The van der Waals surface area contributed by atoms with Crippen molar-refractivity contribution in [3.8, 4) is 0 Å². The molecule has 0 aromatic heterocycles. The smallest absolute Gasteiger partial charge is 0.0524 e. The first-order chi connectivity index (χ1) is 11.6. The number of hydrogen-bond acceptors (Lipinski definition) is 3. The predicted octanol–water partition coefficient (Wildman–Crippen LogP) is 3.64. The van der Waals surface area contributed by atoms with E-state index < -0.39 is 0 Å². The molecule has 0 atom stereocenters. The summed E-state index contributed by atoms with van der Waals surface area (Å²) in [5.41, 5.74) is 1.28. The second-order valence-electron chi connectivity index (χ2n) is 9.94. The summed E-state index contributed by atoms with van der Waals surface area (Å²) in [6.45, 7) is 14.9. The van der Waals surface area contributed by atoms with Gasteiger partial charge in [0.2, 0.25) is 0 Å². The zero-order chi connectivity index (χ0) is 16.6. The van der Waals surface area contributed by atoms with Crippen molar-refractivity contribution in [2.45, 2.75) is 58.8 Å². The normalized spacial score (nSPS) is 31.1. The Balaban J connectivity index is 1.14. The van der Waals surface area contributed by atoms with Gasteiger partial charge in [0.05, 0.1) is 6.61 Å². The summed E-state index contributed by atoms with van der Waals surface area (Å²) in [5.74, 6) is 1.90. The number of piperidine rings is 1. The molecule has 138 valence electrons. The van der Waals surface area contributed by atoms with Gasteiger partial charge in [-0.3, -0.25) is 0 Å². The van der Waals surface area contributed by atoms with Crippen LogP contribution in [0.1, 0.15) is 58.8 Å². The van der Waals surface area contributed by atoms with Gasteiger partial charge >= 0.3 is 0 Å². The van der Waals surface area contributed by atoms with Crippen molar-refractivity contribution in [2.24, 2.45) is 22.7 Å². The van der Waals surface area contributed by atoms with Gasteiger partial charge in [-0.15, -0.1) is 0 Å². The van der Waals surface area contributed by atoms with E-state index in [1.165, 1.54) is 84.2 Å². The quantitative estimate of drug-likeness (QED) is 0.781.